The first-order chi connectivity index (χ1) is 11.5. The highest BCUT2D eigenvalue weighted by molar-refractivity contribution is 5.77. The lowest BCUT2D eigenvalue weighted by Crippen LogP contribution is -2.39. The number of hydrogen-bond acceptors (Lipinski definition) is 4. The summed E-state index contributed by atoms with van der Waals surface area (Å²) < 4.78 is 5.47. The second-order valence-corrected chi connectivity index (χ2v) is 5.90. The van der Waals surface area contributed by atoms with Gasteiger partial charge in [-0.1, -0.05) is 42.5 Å². The summed E-state index contributed by atoms with van der Waals surface area (Å²) in [6.07, 6.45) is -0.589. The van der Waals surface area contributed by atoms with E-state index in [1.54, 1.807) is 0 Å². The van der Waals surface area contributed by atoms with Crippen molar-refractivity contribution < 1.29 is 14.6 Å². The highest BCUT2D eigenvalue weighted by Gasteiger charge is 2.08. The van der Waals surface area contributed by atoms with E-state index in [1.165, 1.54) is 0 Å². The average Bonchev–Trinajstić information content (AvgIpc) is 2.59. The van der Waals surface area contributed by atoms with Crippen molar-refractivity contribution >= 4 is 5.91 Å². The lowest BCUT2D eigenvalue weighted by molar-refractivity contribution is -0.123. The molecule has 5 heteroatoms. The van der Waals surface area contributed by atoms with Crippen molar-refractivity contribution in [1.29, 1.82) is 0 Å². The van der Waals surface area contributed by atoms with Crippen LogP contribution in [0.1, 0.15) is 0 Å². The number of rotatable bonds is 8. The van der Waals surface area contributed by atoms with Crippen LogP contribution < -0.4 is 10.1 Å². The molecule has 0 saturated carbocycles. The van der Waals surface area contributed by atoms with Gasteiger partial charge < -0.3 is 20.1 Å². The fraction of sp³-hybridized carbons (Fsp3) is 0.316. The van der Waals surface area contributed by atoms with E-state index < -0.39 is 6.10 Å². The highest BCUT2D eigenvalue weighted by Crippen LogP contribution is 2.21. The minimum Gasteiger partial charge on any atom is -0.484 e. The Bertz CT molecular complexity index is 627. The predicted octanol–water partition coefficient (Wildman–Crippen LogP) is 1.77. The van der Waals surface area contributed by atoms with Crippen LogP contribution in [0.2, 0.25) is 0 Å². The molecule has 24 heavy (non-hydrogen) atoms. The van der Waals surface area contributed by atoms with Crippen molar-refractivity contribution in [3.8, 4) is 16.9 Å². The van der Waals surface area contributed by atoms with Gasteiger partial charge in [0.2, 0.25) is 0 Å². The maximum absolute atomic E-state index is 11.7. The Morgan fingerprint density at radius 2 is 1.71 bits per heavy atom. The summed E-state index contributed by atoms with van der Waals surface area (Å²) in [7, 11) is 3.74. The van der Waals surface area contributed by atoms with Crippen LogP contribution in [0.3, 0.4) is 0 Å². The number of nitrogens with zero attached hydrogens (tertiary/aromatic N) is 1. The van der Waals surface area contributed by atoms with Crippen molar-refractivity contribution in [3.63, 3.8) is 0 Å². The maximum Gasteiger partial charge on any atom is 0.258 e. The zero-order valence-corrected chi connectivity index (χ0v) is 14.1. The fourth-order valence-electron chi connectivity index (χ4n) is 2.29. The van der Waals surface area contributed by atoms with Crippen molar-refractivity contribution in [2.75, 3.05) is 33.8 Å². The fourth-order valence-corrected chi connectivity index (χ4v) is 2.29. The molecule has 0 aliphatic carbocycles. The first-order valence-electron chi connectivity index (χ1n) is 7.92. The Labute approximate surface area is 142 Å². The average molecular weight is 328 g/mol. The molecule has 0 aromatic heterocycles. The molecule has 2 aromatic rings. The third kappa shape index (κ3) is 6.02. The molecule has 0 saturated heterocycles. The zero-order chi connectivity index (χ0) is 17.4. The molecule has 0 aliphatic heterocycles. The number of likely N-dealkylation sites (N-methyl/N-ethyl adjacent to an activating group) is 1. The van der Waals surface area contributed by atoms with E-state index >= 15 is 0 Å². The van der Waals surface area contributed by atoms with Gasteiger partial charge in [-0.2, -0.15) is 0 Å². The first-order valence-corrected chi connectivity index (χ1v) is 7.92. The molecule has 2 N–H and O–H groups in total. The Kier molecular flexibility index (Phi) is 6.78. The molecule has 5 nitrogen and oxygen atoms in total. The monoisotopic (exact) mass is 328 g/mol. The van der Waals surface area contributed by atoms with E-state index in [1.807, 2.05) is 73.6 Å². The molecule has 1 atom stereocenters. The van der Waals surface area contributed by atoms with Crippen LogP contribution >= 0.6 is 0 Å². The Hall–Kier alpha value is -2.37. The molecule has 128 valence electrons. The summed E-state index contributed by atoms with van der Waals surface area (Å²) >= 11 is 0. The van der Waals surface area contributed by atoms with E-state index in [0.29, 0.717) is 12.3 Å². The minimum atomic E-state index is -0.589. The molecular weight excluding hydrogens is 304 g/mol. The number of aliphatic hydroxyl groups is 1. The smallest absolute Gasteiger partial charge is 0.258 e. The molecule has 2 aromatic carbocycles. The van der Waals surface area contributed by atoms with Crippen LogP contribution in [0.5, 0.6) is 5.75 Å². The van der Waals surface area contributed by atoms with Gasteiger partial charge in [0.15, 0.2) is 6.61 Å². The van der Waals surface area contributed by atoms with Gasteiger partial charge >= 0.3 is 0 Å². The third-order valence-corrected chi connectivity index (χ3v) is 3.44. The lowest BCUT2D eigenvalue weighted by atomic mass is 10.1. The minimum absolute atomic E-state index is 0.0701. The van der Waals surface area contributed by atoms with Crippen molar-refractivity contribution in [2.24, 2.45) is 0 Å². The lowest BCUT2D eigenvalue weighted by Gasteiger charge is -2.16. The topological polar surface area (TPSA) is 61.8 Å². The van der Waals surface area contributed by atoms with Gasteiger partial charge in [0.05, 0.1) is 6.10 Å². The van der Waals surface area contributed by atoms with Crippen LogP contribution in [-0.4, -0.2) is 55.8 Å². The van der Waals surface area contributed by atoms with Gasteiger partial charge in [0, 0.05) is 13.1 Å². The van der Waals surface area contributed by atoms with Gasteiger partial charge in [0.1, 0.15) is 5.75 Å². The second-order valence-electron chi connectivity index (χ2n) is 5.90. The summed E-state index contributed by atoms with van der Waals surface area (Å²) in [5, 5.41) is 12.3. The second kappa shape index (κ2) is 9.05. The van der Waals surface area contributed by atoms with Gasteiger partial charge in [-0.25, -0.2) is 0 Å². The molecule has 0 spiro atoms. The van der Waals surface area contributed by atoms with E-state index in [2.05, 4.69) is 5.32 Å². The summed E-state index contributed by atoms with van der Waals surface area (Å²) in [4.78, 5) is 13.6. The Morgan fingerprint density at radius 3 is 2.33 bits per heavy atom. The number of nitrogens with one attached hydrogen (secondary N) is 1. The zero-order valence-electron chi connectivity index (χ0n) is 14.1. The van der Waals surface area contributed by atoms with Crippen LogP contribution in [0, 0.1) is 0 Å². The van der Waals surface area contributed by atoms with Crippen LogP contribution in [0.25, 0.3) is 11.1 Å². The van der Waals surface area contributed by atoms with E-state index in [4.69, 9.17) is 4.74 Å². The van der Waals surface area contributed by atoms with Gasteiger partial charge in [-0.3, -0.25) is 4.79 Å². The van der Waals surface area contributed by atoms with E-state index in [0.717, 1.165) is 11.1 Å². The molecule has 0 heterocycles. The number of ether oxygens (including phenoxy) is 1. The maximum atomic E-state index is 11.7. The molecule has 0 fully saturated rings. The number of carbonyl (C=O) groups is 1. The van der Waals surface area contributed by atoms with Crippen molar-refractivity contribution in [3.05, 3.63) is 54.6 Å². The van der Waals surface area contributed by atoms with E-state index in [9.17, 15) is 9.90 Å². The summed E-state index contributed by atoms with van der Waals surface area (Å²) in [5.74, 6) is 0.388. The first kappa shape index (κ1) is 18.0. The van der Waals surface area contributed by atoms with Gasteiger partial charge in [-0.15, -0.1) is 0 Å². The Balaban J connectivity index is 1.77. The molecule has 0 bridgehead atoms. The summed E-state index contributed by atoms with van der Waals surface area (Å²) in [5.41, 5.74) is 2.23. The van der Waals surface area contributed by atoms with Crippen molar-refractivity contribution in [2.45, 2.75) is 6.10 Å². The number of benzene rings is 2. The SMILES string of the molecule is CN(C)CC(O)CNC(=O)COc1ccc(-c2ccccc2)cc1. The molecule has 0 radical (unpaired) electrons. The number of carbonyl (C=O) groups excluding carboxylic acids is 1. The van der Waals surface area contributed by atoms with Crippen LogP contribution in [0.15, 0.2) is 54.6 Å². The molecule has 1 amide bonds. The molecule has 0 aliphatic rings. The Morgan fingerprint density at radius 1 is 1.08 bits per heavy atom. The summed E-state index contributed by atoms with van der Waals surface area (Å²) in [6, 6.07) is 17.7. The van der Waals surface area contributed by atoms with Gasteiger partial charge in [-0.05, 0) is 37.4 Å². The van der Waals surface area contributed by atoms with Gasteiger partial charge in [0.25, 0.3) is 5.91 Å². The molecule has 2 rings (SSSR count). The summed E-state index contributed by atoms with van der Waals surface area (Å²) in [6.45, 7) is 0.648. The highest BCUT2D eigenvalue weighted by atomic mass is 16.5. The van der Waals surface area contributed by atoms with E-state index in [-0.39, 0.29) is 19.1 Å². The molecule has 1 unspecified atom stereocenters. The predicted molar refractivity (Wildman–Crippen MR) is 94.9 cm³/mol. The van der Waals surface area contributed by atoms with Crippen molar-refractivity contribution in [1.82, 2.24) is 10.2 Å². The largest absolute Gasteiger partial charge is 0.484 e. The standard InChI is InChI=1S/C19H24N2O3/c1-21(2)13-17(22)12-20-19(23)14-24-18-10-8-16(9-11-18)15-6-4-3-5-7-15/h3-11,17,22H,12-14H2,1-2H3,(H,20,23). The third-order valence-electron chi connectivity index (χ3n) is 3.44. The molecular formula is C19H24N2O3. The van der Waals surface area contributed by atoms with Crippen LogP contribution in [0.4, 0.5) is 0 Å². The normalized spacial score (nSPS) is 12.0. The number of hydrogen-bond donors (Lipinski definition) is 2. The quantitative estimate of drug-likeness (QED) is 0.775. The van der Waals surface area contributed by atoms with Crippen LogP contribution in [-0.2, 0) is 4.79 Å². The number of aliphatic hydroxyl groups excluding tert-OH is 1. The number of amides is 1.